The fourth-order valence-electron chi connectivity index (χ4n) is 2.16. The molecule has 0 N–H and O–H groups in total. The highest BCUT2D eigenvalue weighted by atomic mass is 28.3. The van der Waals surface area contributed by atoms with Crippen LogP contribution in [0.3, 0.4) is 0 Å². The summed E-state index contributed by atoms with van der Waals surface area (Å²) in [6.45, 7) is 13.2. The Bertz CT molecular complexity index is 559. The molecule has 2 rings (SSSR count). The Labute approximate surface area is 142 Å². The van der Waals surface area contributed by atoms with Gasteiger partial charge in [-0.25, -0.2) is 0 Å². The van der Waals surface area contributed by atoms with Crippen LogP contribution in [0.2, 0.25) is 0 Å². The van der Waals surface area contributed by atoms with Gasteiger partial charge in [0.1, 0.15) is 11.5 Å². The topological polar surface area (TPSA) is 18.5 Å². The lowest BCUT2D eigenvalue weighted by Gasteiger charge is -2.19. The fourth-order valence-corrected chi connectivity index (χ4v) is 2.67. The van der Waals surface area contributed by atoms with E-state index in [-0.39, 0.29) is 20.8 Å². The van der Waals surface area contributed by atoms with Crippen LogP contribution in [0.5, 0.6) is 11.5 Å². The minimum absolute atomic E-state index is 0.0460. The van der Waals surface area contributed by atoms with Crippen LogP contribution in [-0.4, -0.2) is 10.0 Å². The standard InChI is InChI=1S/C20H26O2Si/c1-19(2,3)15-7-11-17(12-8-15)21-23-22-18-13-9-16(10-14-18)20(4,5)6/h7-14H,1-6H3. The van der Waals surface area contributed by atoms with Crippen LogP contribution < -0.4 is 8.85 Å². The molecule has 0 aliphatic carbocycles. The zero-order valence-electron chi connectivity index (χ0n) is 14.9. The Balaban J connectivity index is 1.87. The molecule has 3 heteroatoms. The predicted octanol–water partition coefficient (Wildman–Crippen LogP) is 5.27. The molecule has 0 saturated heterocycles. The summed E-state index contributed by atoms with van der Waals surface area (Å²) in [4.78, 5) is 0. The molecule has 0 fully saturated rings. The molecule has 23 heavy (non-hydrogen) atoms. The van der Waals surface area contributed by atoms with Crippen LogP contribution in [0.4, 0.5) is 0 Å². The van der Waals surface area contributed by atoms with E-state index < -0.39 is 0 Å². The van der Waals surface area contributed by atoms with E-state index in [0.29, 0.717) is 0 Å². The maximum absolute atomic E-state index is 5.68. The number of hydrogen-bond acceptors (Lipinski definition) is 2. The van der Waals surface area contributed by atoms with Gasteiger partial charge in [-0.1, -0.05) is 65.8 Å². The van der Waals surface area contributed by atoms with E-state index in [4.69, 9.17) is 8.85 Å². The minimum Gasteiger partial charge on any atom is -0.508 e. The fraction of sp³-hybridized carbons (Fsp3) is 0.400. The normalized spacial score (nSPS) is 12.1. The van der Waals surface area contributed by atoms with Crippen molar-refractivity contribution in [3.63, 3.8) is 0 Å². The second kappa shape index (κ2) is 6.79. The second-order valence-corrected chi connectivity index (χ2v) is 8.41. The van der Waals surface area contributed by atoms with Crippen molar-refractivity contribution in [1.82, 2.24) is 0 Å². The summed E-state index contributed by atoms with van der Waals surface area (Å²) in [5.41, 5.74) is 2.91. The van der Waals surface area contributed by atoms with Gasteiger partial charge in [0.2, 0.25) is 0 Å². The lowest BCUT2D eigenvalue weighted by molar-refractivity contribution is 0.458. The van der Waals surface area contributed by atoms with Gasteiger partial charge in [0.15, 0.2) is 0 Å². The molecule has 0 aliphatic heterocycles. The molecule has 2 aromatic rings. The smallest absolute Gasteiger partial charge is 0.508 e. The van der Waals surface area contributed by atoms with Gasteiger partial charge in [0.05, 0.1) is 0 Å². The number of hydrogen-bond donors (Lipinski definition) is 0. The van der Waals surface area contributed by atoms with E-state index in [1.807, 2.05) is 24.3 Å². The third kappa shape index (κ3) is 5.14. The Hall–Kier alpha value is -1.74. The largest absolute Gasteiger partial charge is 0.610 e. The summed E-state index contributed by atoms with van der Waals surface area (Å²) in [6, 6.07) is 16.4. The van der Waals surface area contributed by atoms with E-state index in [2.05, 4.69) is 65.8 Å². The van der Waals surface area contributed by atoms with Crippen LogP contribution in [0.15, 0.2) is 48.5 Å². The Morgan fingerprint density at radius 2 is 0.870 bits per heavy atom. The molecular weight excluding hydrogens is 300 g/mol. The first-order chi connectivity index (χ1) is 10.7. The predicted molar refractivity (Wildman–Crippen MR) is 97.3 cm³/mol. The quantitative estimate of drug-likeness (QED) is 0.712. The van der Waals surface area contributed by atoms with E-state index in [9.17, 15) is 0 Å². The Morgan fingerprint density at radius 1 is 0.565 bits per heavy atom. The monoisotopic (exact) mass is 326 g/mol. The van der Waals surface area contributed by atoms with Crippen molar-refractivity contribution in [2.45, 2.75) is 52.4 Å². The Kier molecular flexibility index (Phi) is 5.20. The summed E-state index contributed by atoms with van der Waals surface area (Å²) in [6.07, 6.45) is 0. The maximum Gasteiger partial charge on any atom is 0.610 e. The van der Waals surface area contributed by atoms with Crippen LogP contribution in [0.25, 0.3) is 0 Å². The molecule has 0 aliphatic rings. The molecule has 0 unspecified atom stereocenters. The summed E-state index contributed by atoms with van der Waals surface area (Å²) in [5.74, 6) is 1.67. The third-order valence-corrected chi connectivity index (χ3v) is 4.40. The van der Waals surface area contributed by atoms with Gasteiger partial charge in [-0.2, -0.15) is 0 Å². The van der Waals surface area contributed by atoms with Crippen molar-refractivity contribution in [3.05, 3.63) is 59.7 Å². The summed E-state index contributed by atoms with van der Waals surface area (Å²) in [5, 5.41) is 0. The number of benzene rings is 2. The van der Waals surface area contributed by atoms with Crippen LogP contribution in [0, 0.1) is 0 Å². The molecule has 0 spiro atoms. The van der Waals surface area contributed by atoms with E-state index in [1.54, 1.807) is 0 Å². The van der Waals surface area contributed by atoms with Gasteiger partial charge >= 0.3 is 10.0 Å². The van der Waals surface area contributed by atoms with Crippen LogP contribution in [0.1, 0.15) is 52.7 Å². The Morgan fingerprint density at radius 3 is 1.13 bits per heavy atom. The van der Waals surface area contributed by atoms with E-state index in [1.165, 1.54) is 11.1 Å². The van der Waals surface area contributed by atoms with Crippen molar-refractivity contribution in [3.8, 4) is 11.5 Å². The first-order valence-corrected chi connectivity index (χ1v) is 8.78. The SMILES string of the molecule is CC(C)(C)c1ccc(O[Si]Oc2ccc(C(C)(C)C)cc2)cc1. The lowest BCUT2D eigenvalue weighted by Crippen LogP contribution is -2.13. The van der Waals surface area contributed by atoms with Crippen molar-refractivity contribution in [2.24, 2.45) is 0 Å². The molecule has 0 heterocycles. The molecule has 2 radical (unpaired) electrons. The second-order valence-electron chi connectivity index (χ2n) is 7.84. The molecule has 2 aromatic carbocycles. The zero-order valence-corrected chi connectivity index (χ0v) is 15.9. The van der Waals surface area contributed by atoms with Crippen LogP contribution in [-0.2, 0) is 10.8 Å². The summed E-state index contributed by atoms with van der Waals surface area (Å²) >= 11 is 0. The molecule has 122 valence electrons. The average Bonchev–Trinajstić information content (AvgIpc) is 2.46. The molecule has 0 bridgehead atoms. The summed E-state index contributed by atoms with van der Waals surface area (Å²) < 4.78 is 11.4. The van der Waals surface area contributed by atoms with Gasteiger partial charge in [-0.05, 0) is 46.2 Å². The molecule has 2 nitrogen and oxygen atoms in total. The van der Waals surface area contributed by atoms with Crippen molar-refractivity contribution < 1.29 is 8.85 Å². The lowest BCUT2D eigenvalue weighted by atomic mass is 9.87. The highest BCUT2D eigenvalue weighted by Crippen LogP contribution is 2.25. The maximum atomic E-state index is 5.68. The zero-order chi connectivity index (χ0) is 17.1. The minimum atomic E-state index is -0.0460. The molecule has 0 aromatic heterocycles. The average molecular weight is 327 g/mol. The molecule has 0 amide bonds. The molecule has 0 saturated carbocycles. The van der Waals surface area contributed by atoms with Gasteiger partial charge in [0, 0.05) is 0 Å². The van der Waals surface area contributed by atoms with Crippen molar-refractivity contribution in [2.75, 3.05) is 0 Å². The van der Waals surface area contributed by atoms with Crippen molar-refractivity contribution in [1.29, 1.82) is 0 Å². The van der Waals surface area contributed by atoms with Gasteiger partial charge in [0.25, 0.3) is 0 Å². The third-order valence-electron chi connectivity index (χ3n) is 3.76. The summed E-state index contributed by atoms with van der Waals surface area (Å²) in [7, 11) is -0.0460. The first-order valence-electron chi connectivity index (χ1n) is 7.96. The highest BCUT2D eigenvalue weighted by Gasteiger charge is 2.14. The molecular formula is C20H26O2Si. The van der Waals surface area contributed by atoms with Gasteiger partial charge < -0.3 is 8.85 Å². The van der Waals surface area contributed by atoms with E-state index in [0.717, 1.165) is 11.5 Å². The van der Waals surface area contributed by atoms with Crippen LogP contribution >= 0.6 is 0 Å². The van der Waals surface area contributed by atoms with Gasteiger partial charge in [-0.15, -0.1) is 0 Å². The van der Waals surface area contributed by atoms with Gasteiger partial charge in [-0.3, -0.25) is 0 Å². The highest BCUT2D eigenvalue weighted by molar-refractivity contribution is 6.20. The first kappa shape index (κ1) is 17.6. The van der Waals surface area contributed by atoms with Crippen molar-refractivity contribution >= 4 is 10.0 Å². The van der Waals surface area contributed by atoms with E-state index >= 15 is 0 Å². The molecule has 0 atom stereocenters. The number of rotatable bonds is 4.